The van der Waals surface area contributed by atoms with Crippen LogP contribution in [-0.2, 0) is 27.3 Å². The smallest absolute Gasteiger partial charge is 0.255 e. The Balaban J connectivity index is 1.45. The lowest BCUT2D eigenvalue weighted by Gasteiger charge is -2.29. The Labute approximate surface area is 207 Å². The van der Waals surface area contributed by atoms with Crippen LogP contribution in [0.1, 0.15) is 51.1 Å². The van der Waals surface area contributed by atoms with E-state index >= 15 is 0 Å². The van der Waals surface area contributed by atoms with Crippen LogP contribution in [0, 0.1) is 0 Å². The molecule has 0 spiro atoms. The number of ketones is 2. The van der Waals surface area contributed by atoms with E-state index < -0.39 is 23.5 Å². The Bertz CT molecular complexity index is 1240. The Morgan fingerprint density at radius 3 is 2.31 bits per heavy atom. The third-order valence-electron chi connectivity index (χ3n) is 6.42. The molecule has 10 nitrogen and oxygen atoms in total. The van der Waals surface area contributed by atoms with Crippen molar-refractivity contribution in [3.05, 3.63) is 52.6 Å². The third kappa shape index (κ3) is 4.66. The van der Waals surface area contributed by atoms with Crippen molar-refractivity contribution in [2.24, 2.45) is 0 Å². The highest BCUT2D eigenvalue weighted by Gasteiger charge is 2.39. The van der Waals surface area contributed by atoms with E-state index in [4.69, 9.17) is 14.2 Å². The van der Waals surface area contributed by atoms with Gasteiger partial charge in [-0.1, -0.05) is 12.1 Å². The van der Waals surface area contributed by atoms with Gasteiger partial charge in [0.2, 0.25) is 23.4 Å². The van der Waals surface area contributed by atoms with Gasteiger partial charge in [-0.05, 0) is 30.0 Å². The van der Waals surface area contributed by atoms with Crippen molar-refractivity contribution in [2.75, 3.05) is 21.3 Å². The number of ether oxygens (including phenoxy) is 3. The number of amides is 3. The molecule has 188 valence electrons. The summed E-state index contributed by atoms with van der Waals surface area (Å²) >= 11 is 0. The molecule has 0 saturated carbocycles. The van der Waals surface area contributed by atoms with Gasteiger partial charge in [0.15, 0.2) is 0 Å². The molecule has 0 radical (unpaired) electrons. The minimum Gasteiger partial charge on any atom is -0.496 e. The minimum atomic E-state index is -0.730. The molecule has 1 unspecified atom stereocenters. The second kappa shape index (κ2) is 10.2. The fraction of sp³-hybridized carbons (Fsp3) is 0.346. The Hall–Kier alpha value is -4.21. The van der Waals surface area contributed by atoms with Gasteiger partial charge in [0.05, 0.1) is 21.3 Å². The van der Waals surface area contributed by atoms with Crippen molar-refractivity contribution in [3.8, 4) is 17.2 Å². The maximum Gasteiger partial charge on any atom is 0.255 e. The van der Waals surface area contributed by atoms with Gasteiger partial charge in [0, 0.05) is 37.1 Å². The monoisotopic (exact) mass is 494 g/mol. The summed E-state index contributed by atoms with van der Waals surface area (Å²) < 4.78 is 15.7. The number of carbonyl (C=O) groups excluding carboxylic acids is 5. The molecular formula is C26H26N2O8. The number of aryl methyl sites for hydroxylation is 1. The summed E-state index contributed by atoms with van der Waals surface area (Å²) in [4.78, 5) is 63.7. The molecule has 4 rings (SSSR count). The van der Waals surface area contributed by atoms with Crippen LogP contribution in [0.3, 0.4) is 0 Å². The molecule has 10 heteroatoms. The molecule has 2 aliphatic heterocycles. The third-order valence-corrected chi connectivity index (χ3v) is 6.42. The molecule has 2 aromatic carbocycles. The number of piperidine rings is 1. The first-order valence-electron chi connectivity index (χ1n) is 11.4. The molecular weight excluding hydrogens is 468 g/mol. The average Bonchev–Trinajstić information content (AvgIpc) is 3.21. The highest BCUT2D eigenvalue weighted by atomic mass is 16.5. The number of carbonyl (C=O) groups is 5. The summed E-state index contributed by atoms with van der Waals surface area (Å²) in [6.45, 7) is 0.238. The maximum atomic E-state index is 13.0. The van der Waals surface area contributed by atoms with Gasteiger partial charge in [-0.25, -0.2) is 0 Å². The summed E-state index contributed by atoms with van der Waals surface area (Å²) in [5.41, 5.74) is 2.03. The lowest BCUT2D eigenvalue weighted by atomic mass is 9.98. The minimum absolute atomic E-state index is 0.0326. The zero-order chi connectivity index (χ0) is 26.0. The second-order valence-corrected chi connectivity index (χ2v) is 8.55. The van der Waals surface area contributed by atoms with E-state index in [-0.39, 0.29) is 61.1 Å². The number of hydrogen-bond donors (Lipinski definition) is 1. The SMILES string of the molecule is COc1cc(OC)c(C(=O)C(=O)CCc2ccc3c(c2)CN(C2CCC(=O)NC2=O)C3=O)c(OC)c1. The van der Waals surface area contributed by atoms with Crippen molar-refractivity contribution in [1.82, 2.24) is 10.2 Å². The average molecular weight is 495 g/mol. The van der Waals surface area contributed by atoms with E-state index in [1.54, 1.807) is 12.1 Å². The first-order chi connectivity index (χ1) is 17.3. The molecule has 0 aromatic heterocycles. The number of imide groups is 1. The predicted molar refractivity (Wildman–Crippen MR) is 126 cm³/mol. The lowest BCUT2D eigenvalue weighted by molar-refractivity contribution is -0.136. The van der Waals surface area contributed by atoms with Gasteiger partial charge in [-0.3, -0.25) is 29.3 Å². The molecule has 2 aliphatic rings. The summed E-state index contributed by atoms with van der Waals surface area (Å²) in [6.07, 6.45) is 0.694. The second-order valence-electron chi connectivity index (χ2n) is 8.55. The normalized spacial score (nSPS) is 16.9. The van der Waals surface area contributed by atoms with E-state index in [9.17, 15) is 24.0 Å². The van der Waals surface area contributed by atoms with Gasteiger partial charge >= 0.3 is 0 Å². The quantitative estimate of drug-likeness (QED) is 0.318. The van der Waals surface area contributed by atoms with E-state index in [1.807, 2.05) is 6.07 Å². The number of fused-ring (bicyclic) bond motifs is 1. The van der Waals surface area contributed by atoms with Crippen LogP contribution >= 0.6 is 0 Å². The van der Waals surface area contributed by atoms with E-state index in [2.05, 4.69) is 5.32 Å². The number of nitrogens with one attached hydrogen (secondary N) is 1. The van der Waals surface area contributed by atoms with Gasteiger partial charge in [-0.2, -0.15) is 0 Å². The molecule has 1 N–H and O–H groups in total. The molecule has 0 aliphatic carbocycles. The van der Waals surface area contributed by atoms with Crippen molar-refractivity contribution in [3.63, 3.8) is 0 Å². The number of Topliss-reactive ketones (excluding diaryl/α,β-unsaturated/α-hetero) is 2. The van der Waals surface area contributed by atoms with E-state index in [1.165, 1.54) is 38.4 Å². The van der Waals surface area contributed by atoms with Crippen molar-refractivity contribution in [1.29, 1.82) is 0 Å². The standard InChI is InChI=1S/C26H26N2O8/c1-34-16-11-20(35-2)23(21(12-16)36-3)24(31)19(29)8-5-14-4-6-17-15(10-14)13-28(26(17)33)18-7-9-22(30)27-25(18)32/h4,6,10-12,18H,5,7-9,13H2,1-3H3,(H,27,30,32). The molecule has 0 bridgehead atoms. The van der Waals surface area contributed by atoms with Crippen LogP contribution in [0.25, 0.3) is 0 Å². The number of hydrogen-bond acceptors (Lipinski definition) is 8. The van der Waals surface area contributed by atoms with E-state index in [0.29, 0.717) is 11.3 Å². The first-order valence-corrected chi connectivity index (χ1v) is 11.4. The fourth-order valence-electron chi connectivity index (χ4n) is 4.52. The molecule has 1 fully saturated rings. The molecule has 1 saturated heterocycles. The van der Waals surface area contributed by atoms with Gasteiger partial charge in [0.1, 0.15) is 28.9 Å². The Morgan fingerprint density at radius 2 is 1.69 bits per heavy atom. The van der Waals surface area contributed by atoms with Crippen molar-refractivity contribution < 1.29 is 38.2 Å². The van der Waals surface area contributed by atoms with E-state index in [0.717, 1.165) is 11.1 Å². The Morgan fingerprint density at radius 1 is 1.00 bits per heavy atom. The molecule has 1 atom stereocenters. The summed E-state index contributed by atoms with van der Waals surface area (Å²) in [7, 11) is 4.24. The number of methoxy groups -OCH3 is 3. The van der Waals surface area contributed by atoms with Crippen LogP contribution in [0.2, 0.25) is 0 Å². The highest BCUT2D eigenvalue weighted by Crippen LogP contribution is 2.35. The zero-order valence-electron chi connectivity index (χ0n) is 20.2. The summed E-state index contributed by atoms with van der Waals surface area (Å²) in [5, 5.41) is 2.28. The molecule has 3 amide bonds. The van der Waals surface area contributed by atoms with Crippen LogP contribution in [-0.4, -0.2) is 61.6 Å². The van der Waals surface area contributed by atoms with Crippen LogP contribution in [0.5, 0.6) is 17.2 Å². The molecule has 2 heterocycles. The Kier molecular flexibility index (Phi) is 7.05. The van der Waals surface area contributed by atoms with Gasteiger partial charge in [-0.15, -0.1) is 0 Å². The largest absolute Gasteiger partial charge is 0.496 e. The zero-order valence-corrected chi connectivity index (χ0v) is 20.2. The van der Waals surface area contributed by atoms with Crippen LogP contribution < -0.4 is 19.5 Å². The topological polar surface area (TPSA) is 128 Å². The number of benzene rings is 2. The number of rotatable bonds is 9. The van der Waals surface area contributed by atoms with Gasteiger partial charge in [0.25, 0.3) is 5.91 Å². The van der Waals surface area contributed by atoms with Gasteiger partial charge < -0.3 is 19.1 Å². The summed E-state index contributed by atoms with van der Waals surface area (Å²) in [5.74, 6) is -1.65. The molecule has 2 aromatic rings. The fourth-order valence-corrected chi connectivity index (χ4v) is 4.52. The first kappa shape index (κ1) is 24.9. The molecule has 36 heavy (non-hydrogen) atoms. The summed E-state index contributed by atoms with van der Waals surface area (Å²) in [6, 6.07) is 7.53. The highest BCUT2D eigenvalue weighted by molar-refractivity contribution is 6.45. The lowest BCUT2D eigenvalue weighted by Crippen LogP contribution is -2.52. The predicted octanol–water partition coefficient (Wildman–Crippen LogP) is 1.86. The number of nitrogens with zero attached hydrogens (tertiary/aromatic N) is 1. The van der Waals surface area contributed by atoms with Crippen LogP contribution in [0.4, 0.5) is 0 Å². The van der Waals surface area contributed by atoms with Crippen molar-refractivity contribution in [2.45, 2.75) is 38.3 Å². The van der Waals surface area contributed by atoms with Crippen LogP contribution in [0.15, 0.2) is 30.3 Å². The maximum absolute atomic E-state index is 13.0. The van der Waals surface area contributed by atoms with Crippen molar-refractivity contribution >= 4 is 29.3 Å².